The summed E-state index contributed by atoms with van der Waals surface area (Å²) < 4.78 is 19.4. The normalized spacial score (nSPS) is 26.9. The summed E-state index contributed by atoms with van der Waals surface area (Å²) in [5, 5.41) is 0. The van der Waals surface area contributed by atoms with Crippen LogP contribution >= 0.6 is 0 Å². The zero-order valence-electron chi connectivity index (χ0n) is 17.9. The van der Waals surface area contributed by atoms with E-state index in [1.165, 1.54) is 5.56 Å². The first-order valence-electron chi connectivity index (χ1n) is 10.7. The van der Waals surface area contributed by atoms with Crippen LogP contribution in [0.4, 0.5) is 0 Å². The highest BCUT2D eigenvalue weighted by Gasteiger charge is 2.44. The molecule has 0 aromatic heterocycles. The fourth-order valence-corrected chi connectivity index (χ4v) is 4.11. The lowest BCUT2D eigenvalue weighted by atomic mass is 9.85. The number of rotatable bonds is 9. The maximum Gasteiger partial charge on any atom is 0.111 e. The molecule has 0 saturated carbocycles. The molecule has 0 amide bonds. The van der Waals surface area contributed by atoms with E-state index in [0.29, 0.717) is 13.2 Å². The molecule has 0 radical (unpaired) electrons. The molecular formula is C26H34O3. The van der Waals surface area contributed by atoms with E-state index in [-0.39, 0.29) is 30.3 Å². The van der Waals surface area contributed by atoms with Crippen LogP contribution in [-0.2, 0) is 27.4 Å². The highest BCUT2D eigenvalue weighted by atomic mass is 16.6. The minimum atomic E-state index is -0.131. The maximum absolute atomic E-state index is 6.49. The minimum absolute atomic E-state index is 0.0260. The Morgan fingerprint density at radius 1 is 0.862 bits per heavy atom. The van der Waals surface area contributed by atoms with Crippen molar-refractivity contribution in [2.45, 2.75) is 71.2 Å². The van der Waals surface area contributed by atoms with Crippen molar-refractivity contribution in [1.82, 2.24) is 0 Å². The van der Waals surface area contributed by atoms with Gasteiger partial charge in [-0.1, -0.05) is 80.1 Å². The lowest BCUT2D eigenvalue weighted by molar-refractivity contribution is -0.231. The van der Waals surface area contributed by atoms with Gasteiger partial charge in [0, 0.05) is 5.92 Å². The van der Waals surface area contributed by atoms with Gasteiger partial charge in [0.15, 0.2) is 0 Å². The van der Waals surface area contributed by atoms with Crippen molar-refractivity contribution in [2.75, 3.05) is 0 Å². The van der Waals surface area contributed by atoms with Crippen LogP contribution in [0.3, 0.4) is 0 Å². The molecule has 0 unspecified atom stereocenters. The molecule has 0 N–H and O–H groups in total. The molecule has 0 spiro atoms. The van der Waals surface area contributed by atoms with E-state index < -0.39 is 0 Å². The summed E-state index contributed by atoms with van der Waals surface area (Å²) in [7, 11) is 0. The monoisotopic (exact) mass is 394 g/mol. The maximum atomic E-state index is 6.49. The van der Waals surface area contributed by atoms with Crippen molar-refractivity contribution in [3.8, 4) is 0 Å². The first-order chi connectivity index (χ1) is 14.1. The first-order valence-corrected chi connectivity index (χ1v) is 10.7. The second-order valence-corrected chi connectivity index (χ2v) is 8.16. The topological polar surface area (TPSA) is 27.7 Å². The van der Waals surface area contributed by atoms with Crippen LogP contribution in [0.2, 0.25) is 0 Å². The third kappa shape index (κ3) is 6.02. The summed E-state index contributed by atoms with van der Waals surface area (Å²) in [5.74, 6) is 0.255. The van der Waals surface area contributed by atoms with Crippen molar-refractivity contribution in [2.24, 2.45) is 5.92 Å². The lowest BCUT2D eigenvalue weighted by Gasteiger charge is -2.45. The molecule has 1 aliphatic heterocycles. The number of hydrogen-bond acceptors (Lipinski definition) is 3. The van der Waals surface area contributed by atoms with Gasteiger partial charge in [0.25, 0.3) is 0 Å². The Kier molecular flexibility index (Phi) is 8.05. The summed E-state index contributed by atoms with van der Waals surface area (Å²) in [4.78, 5) is 0. The molecule has 3 nitrogen and oxygen atoms in total. The van der Waals surface area contributed by atoms with Gasteiger partial charge >= 0.3 is 0 Å². The predicted octanol–water partition coefficient (Wildman–Crippen LogP) is 5.94. The molecule has 3 rings (SSSR count). The molecule has 0 aliphatic carbocycles. The van der Waals surface area contributed by atoms with E-state index in [1.54, 1.807) is 0 Å². The van der Waals surface area contributed by atoms with Gasteiger partial charge < -0.3 is 14.2 Å². The van der Waals surface area contributed by atoms with Crippen LogP contribution < -0.4 is 0 Å². The van der Waals surface area contributed by atoms with Crippen molar-refractivity contribution < 1.29 is 14.2 Å². The van der Waals surface area contributed by atoms with Crippen molar-refractivity contribution >= 4 is 0 Å². The van der Waals surface area contributed by atoms with Gasteiger partial charge in [-0.15, -0.1) is 6.58 Å². The SMILES string of the molecule is C=C(C)C[C@@H]1O[C@H](CC)[C@H](C)[C@H](OCc2ccccc2)[C@H]1OCc1ccccc1. The third-order valence-electron chi connectivity index (χ3n) is 5.67. The molecule has 1 heterocycles. The highest BCUT2D eigenvalue weighted by Crippen LogP contribution is 2.35. The summed E-state index contributed by atoms with van der Waals surface area (Å²) in [6, 6.07) is 20.6. The fourth-order valence-electron chi connectivity index (χ4n) is 4.11. The van der Waals surface area contributed by atoms with E-state index in [2.05, 4.69) is 51.6 Å². The average Bonchev–Trinajstić information content (AvgIpc) is 2.74. The molecular weight excluding hydrogens is 360 g/mol. The van der Waals surface area contributed by atoms with Crippen LogP contribution in [-0.4, -0.2) is 24.4 Å². The summed E-state index contributed by atoms with van der Waals surface area (Å²) in [6.07, 6.45) is 1.71. The van der Waals surface area contributed by atoms with E-state index in [1.807, 2.05) is 36.4 Å². The van der Waals surface area contributed by atoms with Crippen molar-refractivity contribution in [1.29, 1.82) is 0 Å². The Morgan fingerprint density at radius 3 is 1.86 bits per heavy atom. The van der Waals surface area contributed by atoms with Gasteiger partial charge in [0.05, 0.1) is 31.5 Å². The zero-order chi connectivity index (χ0) is 20.6. The first kappa shape index (κ1) is 21.8. The second-order valence-electron chi connectivity index (χ2n) is 8.16. The lowest BCUT2D eigenvalue weighted by Crippen LogP contribution is -2.55. The van der Waals surface area contributed by atoms with Gasteiger partial charge in [0.1, 0.15) is 6.10 Å². The largest absolute Gasteiger partial charge is 0.371 e. The van der Waals surface area contributed by atoms with E-state index in [9.17, 15) is 0 Å². The van der Waals surface area contributed by atoms with Crippen LogP contribution in [0.25, 0.3) is 0 Å². The van der Waals surface area contributed by atoms with E-state index >= 15 is 0 Å². The smallest absolute Gasteiger partial charge is 0.111 e. The Hall–Kier alpha value is -1.94. The fraction of sp³-hybridized carbons (Fsp3) is 0.462. The molecule has 29 heavy (non-hydrogen) atoms. The van der Waals surface area contributed by atoms with E-state index in [0.717, 1.165) is 24.0 Å². The van der Waals surface area contributed by atoms with Crippen LogP contribution in [0.15, 0.2) is 72.8 Å². The quantitative estimate of drug-likeness (QED) is 0.493. The molecule has 156 valence electrons. The third-order valence-corrected chi connectivity index (χ3v) is 5.67. The standard InChI is InChI=1S/C26H34O3/c1-5-23-20(4)25(27-17-21-12-8-6-9-13-21)26(24(29-23)16-19(2)3)28-18-22-14-10-7-11-15-22/h6-15,20,23-26H,2,5,16-18H2,1,3-4H3/t20-,23+,24-,25-,26-/m0/s1. The van der Waals surface area contributed by atoms with Crippen molar-refractivity contribution in [3.63, 3.8) is 0 Å². The molecule has 5 atom stereocenters. The molecule has 1 aliphatic rings. The average molecular weight is 395 g/mol. The molecule has 1 fully saturated rings. The molecule has 1 saturated heterocycles. The molecule has 2 aromatic carbocycles. The Bertz CT molecular complexity index is 743. The van der Waals surface area contributed by atoms with Crippen molar-refractivity contribution in [3.05, 3.63) is 83.9 Å². The molecule has 0 bridgehead atoms. The molecule has 3 heteroatoms. The number of ether oxygens (including phenoxy) is 3. The van der Waals surface area contributed by atoms with Crippen LogP contribution in [0, 0.1) is 5.92 Å². The highest BCUT2D eigenvalue weighted by molar-refractivity contribution is 5.14. The second kappa shape index (κ2) is 10.7. The predicted molar refractivity (Wildman–Crippen MR) is 118 cm³/mol. The number of benzene rings is 2. The molecule has 2 aromatic rings. The minimum Gasteiger partial charge on any atom is -0.371 e. The zero-order valence-corrected chi connectivity index (χ0v) is 17.9. The van der Waals surface area contributed by atoms with E-state index in [4.69, 9.17) is 14.2 Å². The Balaban J connectivity index is 1.79. The Morgan fingerprint density at radius 2 is 1.38 bits per heavy atom. The van der Waals surface area contributed by atoms with Crippen LogP contribution in [0.5, 0.6) is 0 Å². The van der Waals surface area contributed by atoms with Gasteiger partial charge in [-0.05, 0) is 30.9 Å². The van der Waals surface area contributed by atoms with Crippen LogP contribution in [0.1, 0.15) is 44.7 Å². The number of hydrogen-bond donors (Lipinski definition) is 0. The van der Waals surface area contributed by atoms with Gasteiger partial charge in [-0.2, -0.15) is 0 Å². The van der Waals surface area contributed by atoms with Gasteiger partial charge in [0.2, 0.25) is 0 Å². The summed E-state index contributed by atoms with van der Waals surface area (Å²) >= 11 is 0. The Labute approximate surface area is 175 Å². The van der Waals surface area contributed by atoms with Gasteiger partial charge in [-0.3, -0.25) is 0 Å². The summed E-state index contributed by atoms with van der Waals surface area (Å²) in [6.45, 7) is 11.7. The summed E-state index contributed by atoms with van der Waals surface area (Å²) in [5.41, 5.74) is 3.45. The van der Waals surface area contributed by atoms with Gasteiger partial charge in [-0.25, -0.2) is 0 Å².